The molecule has 0 aromatic heterocycles. The van der Waals surface area contributed by atoms with E-state index in [1.807, 2.05) is 0 Å². The lowest BCUT2D eigenvalue weighted by Crippen LogP contribution is -2.19. The molecule has 0 unspecified atom stereocenters. The Hall–Kier alpha value is -0.860. The zero-order valence-corrected chi connectivity index (χ0v) is 11.5. The van der Waals surface area contributed by atoms with Crippen molar-refractivity contribution in [3.8, 4) is 0 Å². The first kappa shape index (κ1) is 13.6. The molecule has 0 saturated heterocycles. The van der Waals surface area contributed by atoms with Crippen molar-refractivity contribution < 1.29 is 4.74 Å². The van der Waals surface area contributed by atoms with Crippen molar-refractivity contribution in [3.05, 3.63) is 35.4 Å². The molecule has 0 bridgehead atoms. The largest absolute Gasteiger partial charge is 0.380 e. The SMILES string of the molecule is CCCCOCCNCc1ccc(C2CC2)cc1. The first-order valence-electron chi connectivity index (χ1n) is 7.27. The van der Waals surface area contributed by atoms with Gasteiger partial charge in [0.25, 0.3) is 0 Å². The summed E-state index contributed by atoms with van der Waals surface area (Å²) in [6, 6.07) is 9.07. The lowest BCUT2D eigenvalue weighted by molar-refractivity contribution is 0.133. The number of nitrogens with one attached hydrogen (secondary N) is 1. The summed E-state index contributed by atoms with van der Waals surface area (Å²) in [6.45, 7) is 5.79. The van der Waals surface area contributed by atoms with E-state index in [4.69, 9.17) is 4.74 Å². The second-order valence-corrected chi connectivity index (χ2v) is 5.16. The Labute approximate surface area is 111 Å². The molecule has 1 aliphatic carbocycles. The van der Waals surface area contributed by atoms with Crippen molar-refractivity contribution in [3.63, 3.8) is 0 Å². The molecule has 0 aliphatic heterocycles. The van der Waals surface area contributed by atoms with Gasteiger partial charge in [0.05, 0.1) is 6.61 Å². The Morgan fingerprint density at radius 2 is 1.94 bits per heavy atom. The Bertz CT molecular complexity index is 329. The topological polar surface area (TPSA) is 21.3 Å². The molecule has 1 aromatic rings. The quantitative estimate of drug-likeness (QED) is 0.675. The lowest BCUT2D eigenvalue weighted by atomic mass is 10.1. The molecule has 1 aliphatic rings. The van der Waals surface area contributed by atoms with Crippen molar-refractivity contribution in [2.24, 2.45) is 0 Å². The highest BCUT2D eigenvalue weighted by atomic mass is 16.5. The second-order valence-electron chi connectivity index (χ2n) is 5.16. The number of hydrogen-bond donors (Lipinski definition) is 1. The average Bonchev–Trinajstić information content (AvgIpc) is 3.23. The number of hydrogen-bond acceptors (Lipinski definition) is 2. The monoisotopic (exact) mass is 247 g/mol. The maximum atomic E-state index is 5.51. The van der Waals surface area contributed by atoms with E-state index in [1.165, 1.54) is 36.8 Å². The number of benzene rings is 1. The molecule has 1 N–H and O–H groups in total. The van der Waals surface area contributed by atoms with Crippen LogP contribution in [0, 0.1) is 0 Å². The highest BCUT2D eigenvalue weighted by Crippen LogP contribution is 2.39. The summed E-state index contributed by atoms with van der Waals surface area (Å²) in [5.74, 6) is 0.860. The van der Waals surface area contributed by atoms with Gasteiger partial charge in [0, 0.05) is 19.7 Å². The van der Waals surface area contributed by atoms with E-state index in [0.717, 1.165) is 32.2 Å². The van der Waals surface area contributed by atoms with Crippen molar-refractivity contribution in [1.82, 2.24) is 5.32 Å². The summed E-state index contributed by atoms with van der Waals surface area (Å²) >= 11 is 0. The number of rotatable bonds is 9. The van der Waals surface area contributed by atoms with Crippen LogP contribution in [0.15, 0.2) is 24.3 Å². The van der Waals surface area contributed by atoms with Gasteiger partial charge in [-0.15, -0.1) is 0 Å². The van der Waals surface area contributed by atoms with Gasteiger partial charge in [-0.3, -0.25) is 0 Å². The third kappa shape index (κ3) is 4.79. The first-order valence-corrected chi connectivity index (χ1v) is 7.27. The predicted octanol–water partition coefficient (Wildman–Crippen LogP) is 3.47. The molecule has 0 atom stereocenters. The zero-order chi connectivity index (χ0) is 12.6. The van der Waals surface area contributed by atoms with Gasteiger partial charge in [-0.2, -0.15) is 0 Å². The van der Waals surface area contributed by atoms with Crippen LogP contribution in [0.3, 0.4) is 0 Å². The number of ether oxygens (including phenoxy) is 1. The van der Waals surface area contributed by atoms with E-state index < -0.39 is 0 Å². The molecule has 18 heavy (non-hydrogen) atoms. The van der Waals surface area contributed by atoms with E-state index in [1.54, 1.807) is 0 Å². The fourth-order valence-electron chi connectivity index (χ4n) is 2.05. The Morgan fingerprint density at radius 3 is 2.61 bits per heavy atom. The molecule has 1 aromatic carbocycles. The van der Waals surface area contributed by atoms with Crippen LogP contribution < -0.4 is 5.32 Å². The predicted molar refractivity (Wildman–Crippen MR) is 75.9 cm³/mol. The fraction of sp³-hybridized carbons (Fsp3) is 0.625. The van der Waals surface area contributed by atoms with Crippen LogP contribution in [0.1, 0.15) is 49.7 Å². The van der Waals surface area contributed by atoms with Gasteiger partial charge < -0.3 is 10.1 Å². The van der Waals surface area contributed by atoms with Gasteiger partial charge in [0.2, 0.25) is 0 Å². The summed E-state index contributed by atoms with van der Waals surface area (Å²) in [5, 5.41) is 3.42. The summed E-state index contributed by atoms with van der Waals surface area (Å²) in [5.41, 5.74) is 2.88. The smallest absolute Gasteiger partial charge is 0.0591 e. The van der Waals surface area contributed by atoms with Crippen molar-refractivity contribution in [2.45, 2.75) is 45.1 Å². The maximum Gasteiger partial charge on any atom is 0.0591 e. The normalized spacial score (nSPS) is 14.9. The minimum atomic E-state index is 0.820. The molecular formula is C16H25NO. The van der Waals surface area contributed by atoms with Crippen LogP contribution in [-0.4, -0.2) is 19.8 Å². The highest BCUT2D eigenvalue weighted by Gasteiger charge is 2.22. The Kier molecular flexibility index (Phi) is 5.69. The summed E-state index contributed by atoms with van der Waals surface area (Å²) < 4.78 is 5.51. The standard InChI is InChI=1S/C16H25NO/c1-2-3-11-18-12-10-17-13-14-4-6-15(7-5-14)16-8-9-16/h4-7,16-17H,2-3,8-13H2,1H3. The molecule has 0 radical (unpaired) electrons. The minimum Gasteiger partial charge on any atom is -0.380 e. The third-order valence-corrected chi connectivity index (χ3v) is 3.42. The van der Waals surface area contributed by atoms with Gasteiger partial charge in [-0.1, -0.05) is 37.6 Å². The molecular weight excluding hydrogens is 222 g/mol. The van der Waals surface area contributed by atoms with Crippen LogP contribution in [0.2, 0.25) is 0 Å². The second kappa shape index (κ2) is 7.55. The van der Waals surface area contributed by atoms with E-state index in [2.05, 4.69) is 36.5 Å². The fourth-order valence-corrected chi connectivity index (χ4v) is 2.05. The van der Waals surface area contributed by atoms with Crippen molar-refractivity contribution in [1.29, 1.82) is 0 Å². The van der Waals surface area contributed by atoms with E-state index in [0.29, 0.717) is 0 Å². The third-order valence-electron chi connectivity index (χ3n) is 3.42. The van der Waals surface area contributed by atoms with Crippen molar-refractivity contribution in [2.75, 3.05) is 19.8 Å². The van der Waals surface area contributed by atoms with E-state index >= 15 is 0 Å². The van der Waals surface area contributed by atoms with Crippen LogP contribution in [-0.2, 0) is 11.3 Å². The molecule has 1 saturated carbocycles. The van der Waals surface area contributed by atoms with Gasteiger partial charge in [-0.25, -0.2) is 0 Å². The van der Waals surface area contributed by atoms with Crippen LogP contribution in [0.4, 0.5) is 0 Å². The first-order chi connectivity index (χ1) is 8.90. The Balaban J connectivity index is 1.55. The summed E-state index contributed by atoms with van der Waals surface area (Å²) in [7, 11) is 0. The van der Waals surface area contributed by atoms with Gasteiger partial charge >= 0.3 is 0 Å². The lowest BCUT2D eigenvalue weighted by Gasteiger charge is -2.06. The molecule has 2 nitrogen and oxygen atoms in total. The molecule has 0 spiro atoms. The van der Waals surface area contributed by atoms with Crippen molar-refractivity contribution >= 4 is 0 Å². The van der Waals surface area contributed by atoms with Gasteiger partial charge in [0.1, 0.15) is 0 Å². The molecule has 1 fully saturated rings. The van der Waals surface area contributed by atoms with Crippen LogP contribution >= 0.6 is 0 Å². The van der Waals surface area contributed by atoms with Crippen LogP contribution in [0.5, 0.6) is 0 Å². The Morgan fingerprint density at radius 1 is 1.17 bits per heavy atom. The molecule has 100 valence electrons. The molecule has 0 amide bonds. The van der Waals surface area contributed by atoms with E-state index in [9.17, 15) is 0 Å². The maximum absolute atomic E-state index is 5.51. The molecule has 2 heteroatoms. The number of unbranched alkanes of at least 4 members (excludes halogenated alkanes) is 1. The van der Waals surface area contributed by atoms with Gasteiger partial charge in [-0.05, 0) is 36.3 Å². The zero-order valence-electron chi connectivity index (χ0n) is 11.5. The van der Waals surface area contributed by atoms with E-state index in [-0.39, 0.29) is 0 Å². The summed E-state index contributed by atoms with van der Waals surface area (Å²) in [6.07, 6.45) is 5.14. The highest BCUT2D eigenvalue weighted by molar-refractivity contribution is 5.27. The molecule has 0 heterocycles. The average molecular weight is 247 g/mol. The summed E-state index contributed by atoms with van der Waals surface area (Å²) in [4.78, 5) is 0. The molecule has 2 rings (SSSR count). The van der Waals surface area contributed by atoms with Crippen LogP contribution in [0.25, 0.3) is 0 Å². The van der Waals surface area contributed by atoms with Gasteiger partial charge in [0.15, 0.2) is 0 Å². The minimum absolute atomic E-state index is 0.820.